The highest BCUT2D eigenvalue weighted by molar-refractivity contribution is 5.01. The first-order chi connectivity index (χ1) is 7.20. The minimum absolute atomic E-state index is 0.137. The first-order valence-corrected chi connectivity index (χ1v) is 5.89. The Kier molecular flexibility index (Phi) is 3.10. The monoisotopic (exact) mass is 208 g/mol. The molecule has 0 spiro atoms. The molecule has 1 aliphatic rings. The van der Waals surface area contributed by atoms with Gasteiger partial charge < -0.3 is 5.11 Å². The molecule has 1 aliphatic carbocycles. The van der Waals surface area contributed by atoms with Gasteiger partial charge in [-0.05, 0) is 37.7 Å². The maximum Gasteiger partial charge on any atom is 0.0571 e. The quantitative estimate of drug-likeness (QED) is 0.810. The summed E-state index contributed by atoms with van der Waals surface area (Å²) in [5, 5.41) is 14.1. The van der Waals surface area contributed by atoms with Crippen molar-refractivity contribution in [1.29, 1.82) is 0 Å². The molecule has 3 heteroatoms. The number of aromatic nitrogens is 2. The van der Waals surface area contributed by atoms with E-state index < -0.39 is 0 Å². The van der Waals surface area contributed by atoms with E-state index in [2.05, 4.69) is 25.1 Å². The Hall–Kier alpha value is -0.830. The van der Waals surface area contributed by atoms with Crippen LogP contribution in [0, 0.1) is 12.8 Å². The average Bonchev–Trinajstić information content (AvgIpc) is 2.65. The minimum Gasteiger partial charge on any atom is -0.393 e. The second-order valence-corrected chi connectivity index (χ2v) is 4.70. The maximum absolute atomic E-state index is 9.72. The van der Waals surface area contributed by atoms with Crippen LogP contribution in [0.5, 0.6) is 0 Å². The molecule has 0 aliphatic heterocycles. The lowest BCUT2D eigenvalue weighted by Crippen LogP contribution is -2.30. The second kappa shape index (κ2) is 4.35. The number of hydrogen-bond donors (Lipinski definition) is 1. The van der Waals surface area contributed by atoms with Crippen molar-refractivity contribution in [3.8, 4) is 0 Å². The third-order valence-corrected chi connectivity index (χ3v) is 3.52. The largest absolute Gasteiger partial charge is 0.393 e. The van der Waals surface area contributed by atoms with E-state index in [0.717, 1.165) is 19.3 Å². The van der Waals surface area contributed by atoms with E-state index in [9.17, 15) is 5.11 Å². The summed E-state index contributed by atoms with van der Waals surface area (Å²) in [6, 6.07) is 0.396. The smallest absolute Gasteiger partial charge is 0.0571 e. The van der Waals surface area contributed by atoms with Crippen molar-refractivity contribution in [3.63, 3.8) is 0 Å². The van der Waals surface area contributed by atoms with Crippen LogP contribution in [0.4, 0.5) is 0 Å². The highest BCUT2D eigenvalue weighted by Gasteiger charge is 2.29. The Morgan fingerprint density at radius 3 is 2.93 bits per heavy atom. The lowest BCUT2D eigenvalue weighted by atomic mass is 9.81. The van der Waals surface area contributed by atoms with Crippen LogP contribution in [0.15, 0.2) is 12.4 Å². The number of nitrogens with zero attached hydrogens (tertiary/aromatic N) is 2. The fourth-order valence-corrected chi connectivity index (χ4v) is 2.60. The summed E-state index contributed by atoms with van der Waals surface area (Å²) in [7, 11) is 0. The number of hydrogen-bond acceptors (Lipinski definition) is 2. The van der Waals surface area contributed by atoms with Crippen LogP contribution in [-0.4, -0.2) is 21.0 Å². The Morgan fingerprint density at radius 1 is 1.53 bits per heavy atom. The molecule has 84 valence electrons. The van der Waals surface area contributed by atoms with Crippen LogP contribution >= 0.6 is 0 Å². The zero-order chi connectivity index (χ0) is 10.8. The molecule has 1 N–H and O–H groups in total. The van der Waals surface area contributed by atoms with Crippen molar-refractivity contribution >= 4 is 0 Å². The summed E-state index contributed by atoms with van der Waals surface area (Å²) in [6.45, 7) is 4.29. The van der Waals surface area contributed by atoms with Gasteiger partial charge in [0.05, 0.1) is 18.3 Å². The molecule has 3 atom stereocenters. The lowest BCUT2D eigenvalue weighted by molar-refractivity contribution is 0.0667. The van der Waals surface area contributed by atoms with Crippen molar-refractivity contribution in [1.82, 2.24) is 9.78 Å². The predicted octanol–water partition coefficient (Wildman–Crippen LogP) is 2.30. The molecule has 1 saturated carbocycles. The van der Waals surface area contributed by atoms with Gasteiger partial charge in [-0.2, -0.15) is 5.10 Å². The van der Waals surface area contributed by atoms with E-state index in [4.69, 9.17) is 0 Å². The summed E-state index contributed by atoms with van der Waals surface area (Å²) in [5.41, 5.74) is 1.20. The van der Waals surface area contributed by atoms with Crippen LogP contribution in [0.25, 0.3) is 0 Å². The Labute approximate surface area is 91.1 Å². The van der Waals surface area contributed by atoms with E-state index >= 15 is 0 Å². The van der Waals surface area contributed by atoms with E-state index in [0.29, 0.717) is 12.0 Å². The number of aryl methyl sites for hydroxylation is 1. The molecule has 1 fully saturated rings. The van der Waals surface area contributed by atoms with E-state index in [1.54, 1.807) is 0 Å². The van der Waals surface area contributed by atoms with Crippen LogP contribution in [0.2, 0.25) is 0 Å². The van der Waals surface area contributed by atoms with Gasteiger partial charge in [-0.15, -0.1) is 0 Å². The molecule has 0 radical (unpaired) electrons. The average molecular weight is 208 g/mol. The normalized spacial score (nSPS) is 31.8. The summed E-state index contributed by atoms with van der Waals surface area (Å²) in [6.07, 6.45) is 7.97. The Morgan fingerprint density at radius 2 is 2.33 bits per heavy atom. The minimum atomic E-state index is -0.137. The van der Waals surface area contributed by atoms with Gasteiger partial charge in [-0.3, -0.25) is 4.68 Å². The van der Waals surface area contributed by atoms with Gasteiger partial charge in [0.1, 0.15) is 0 Å². The van der Waals surface area contributed by atoms with Crippen molar-refractivity contribution in [2.75, 3.05) is 0 Å². The third-order valence-electron chi connectivity index (χ3n) is 3.52. The maximum atomic E-state index is 9.72. The first-order valence-electron chi connectivity index (χ1n) is 5.89. The van der Waals surface area contributed by atoms with E-state index in [1.807, 2.05) is 10.9 Å². The fourth-order valence-electron chi connectivity index (χ4n) is 2.60. The van der Waals surface area contributed by atoms with Gasteiger partial charge in [0, 0.05) is 6.20 Å². The molecule has 0 bridgehead atoms. The number of aliphatic hydroxyl groups is 1. The van der Waals surface area contributed by atoms with Gasteiger partial charge in [-0.25, -0.2) is 0 Å². The van der Waals surface area contributed by atoms with E-state index in [-0.39, 0.29) is 6.10 Å². The standard InChI is InChI=1S/C12H20N2O/c1-3-10-4-5-11(15)6-12(10)14-8-9(2)7-13-14/h7-8,10-12,15H,3-6H2,1-2H3. The molecular weight excluding hydrogens is 188 g/mol. The van der Waals surface area contributed by atoms with Crippen LogP contribution in [0.3, 0.4) is 0 Å². The highest BCUT2D eigenvalue weighted by atomic mass is 16.3. The first kappa shape index (κ1) is 10.7. The molecule has 1 aromatic heterocycles. The summed E-state index contributed by atoms with van der Waals surface area (Å²) < 4.78 is 2.05. The molecule has 3 unspecified atom stereocenters. The predicted molar refractivity (Wildman–Crippen MR) is 59.6 cm³/mol. The summed E-state index contributed by atoms with van der Waals surface area (Å²) in [5.74, 6) is 0.674. The summed E-state index contributed by atoms with van der Waals surface area (Å²) >= 11 is 0. The van der Waals surface area contributed by atoms with Crippen molar-refractivity contribution in [3.05, 3.63) is 18.0 Å². The highest BCUT2D eigenvalue weighted by Crippen LogP contribution is 2.35. The lowest BCUT2D eigenvalue weighted by Gasteiger charge is -2.33. The van der Waals surface area contributed by atoms with E-state index in [1.165, 1.54) is 12.0 Å². The molecule has 0 amide bonds. The van der Waals surface area contributed by atoms with Crippen LogP contribution in [0.1, 0.15) is 44.2 Å². The SMILES string of the molecule is CCC1CCC(O)CC1n1cc(C)cn1. The van der Waals surface area contributed by atoms with Gasteiger partial charge in [0.2, 0.25) is 0 Å². The zero-order valence-electron chi connectivity index (χ0n) is 9.56. The summed E-state index contributed by atoms with van der Waals surface area (Å²) in [4.78, 5) is 0. The molecule has 15 heavy (non-hydrogen) atoms. The molecule has 1 aromatic rings. The van der Waals surface area contributed by atoms with Crippen molar-refractivity contribution in [2.45, 2.75) is 51.7 Å². The van der Waals surface area contributed by atoms with Crippen LogP contribution in [-0.2, 0) is 0 Å². The number of aliphatic hydroxyl groups excluding tert-OH is 1. The molecule has 0 saturated heterocycles. The molecule has 3 nitrogen and oxygen atoms in total. The van der Waals surface area contributed by atoms with Gasteiger partial charge in [0.25, 0.3) is 0 Å². The Bertz CT molecular complexity index is 321. The van der Waals surface area contributed by atoms with Gasteiger partial charge >= 0.3 is 0 Å². The Balaban J connectivity index is 2.16. The fraction of sp³-hybridized carbons (Fsp3) is 0.750. The van der Waals surface area contributed by atoms with Crippen molar-refractivity contribution < 1.29 is 5.11 Å². The van der Waals surface area contributed by atoms with Crippen molar-refractivity contribution in [2.24, 2.45) is 5.92 Å². The second-order valence-electron chi connectivity index (χ2n) is 4.70. The van der Waals surface area contributed by atoms with Crippen LogP contribution < -0.4 is 0 Å². The van der Waals surface area contributed by atoms with Gasteiger partial charge in [0.15, 0.2) is 0 Å². The topological polar surface area (TPSA) is 38.0 Å². The zero-order valence-corrected chi connectivity index (χ0v) is 9.56. The third kappa shape index (κ3) is 2.23. The molecule has 1 heterocycles. The molecular formula is C12H20N2O. The number of rotatable bonds is 2. The molecule has 0 aromatic carbocycles. The van der Waals surface area contributed by atoms with Gasteiger partial charge in [-0.1, -0.05) is 13.3 Å². The molecule has 2 rings (SSSR count).